The first-order valence-corrected chi connectivity index (χ1v) is 9.00. The molecule has 0 unspecified atom stereocenters. The number of nitrogens with one attached hydrogen (secondary N) is 1. The highest BCUT2D eigenvalue weighted by Crippen LogP contribution is 2.16. The maximum Gasteiger partial charge on any atom is 0.264 e. The van der Waals surface area contributed by atoms with Crippen LogP contribution >= 0.6 is 11.6 Å². The Balaban J connectivity index is 1.54. The van der Waals surface area contributed by atoms with E-state index in [1.54, 1.807) is 24.3 Å². The van der Waals surface area contributed by atoms with Gasteiger partial charge in [0.15, 0.2) is 5.65 Å². The van der Waals surface area contributed by atoms with E-state index in [1.165, 1.54) is 17.1 Å². The van der Waals surface area contributed by atoms with Gasteiger partial charge in [-0.15, -0.1) is 0 Å². The van der Waals surface area contributed by atoms with Crippen molar-refractivity contribution in [2.45, 2.75) is 19.4 Å². The van der Waals surface area contributed by atoms with Gasteiger partial charge in [-0.3, -0.25) is 14.2 Å². The first-order valence-electron chi connectivity index (χ1n) is 8.63. The van der Waals surface area contributed by atoms with Crippen LogP contribution in [0.2, 0.25) is 5.02 Å². The van der Waals surface area contributed by atoms with Crippen LogP contribution < -0.4 is 15.8 Å². The summed E-state index contributed by atoms with van der Waals surface area (Å²) in [5, 5.41) is 3.59. The van der Waals surface area contributed by atoms with Gasteiger partial charge in [0.2, 0.25) is 11.9 Å². The predicted octanol–water partition coefficient (Wildman–Crippen LogP) is 2.08. The van der Waals surface area contributed by atoms with Gasteiger partial charge in [0.25, 0.3) is 5.56 Å². The van der Waals surface area contributed by atoms with Gasteiger partial charge in [0, 0.05) is 30.0 Å². The third-order valence-corrected chi connectivity index (χ3v) is 4.65. The van der Waals surface area contributed by atoms with Crippen LogP contribution in [0.5, 0.6) is 0 Å². The molecule has 1 aromatic carbocycles. The Bertz CT molecular complexity index is 1040. The Morgan fingerprint density at radius 1 is 1.15 bits per heavy atom. The molecule has 0 saturated carbocycles. The summed E-state index contributed by atoms with van der Waals surface area (Å²) < 4.78 is 1.24. The average Bonchev–Trinajstić information content (AvgIpc) is 3.20. The summed E-state index contributed by atoms with van der Waals surface area (Å²) in [7, 11) is 0. The van der Waals surface area contributed by atoms with Crippen LogP contribution in [-0.2, 0) is 11.3 Å². The highest BCUT2D eigenvalue weighted by molar-refractivity contribution is 6.30. The lowest BCUT2D eigenvalue weighted by Crippen LogP contribution is -2.28. The molecule has 0 bridgehead atoms. The lowest BCUT2D eigenvalue weighted by atomic mass is 10.3. The number of nitrogens with zero attached hydrogens (tertiary/aromatic N) is 5. The van der Waals surface area contributed by atoms with Gasteiger partial charge >= 0.3 is 0 Å². The first-order chi connectivity index (χ1) is 13.1. The molecular weight excluding hydrogens is 368 g/mol. The number of hydrogen-bond acceptors (Lipinski definition) is 6. The molecule has 1 N–H and O–H groups in total. The summed E-state index contributed by atoms with van der Waals surface area (Å²) in [6.07, 6.45) is 5.05. The van der Waals surface area contributed by atoms with Gasteiger partial charge in [-0.2, -0.15) is 4.98 Å². The minimum atomic E-state index is -0.348. The van der Waals surface area contributed by atoms with Crippen molar-refractivity contribution < 1.29 is 4.79 Å². The Labute approximate surface area is 159 Å². The second-order valence-electron chi connectivity index (χ2n) is 6.33. The summed E-state index contributed by atoms with van der Waals surface area (Å²) in [6.45, 7) is 1.67. The molecular formula is C18H17ClN6O2. The normalized spacial score (nSPS) is 13.9. The van der Waals surface area contributed by atoms with E-state index >= 15 is 0 Å². The van der Waals surface area contributed by atoms with Crippen molar-refractivity contribution in [1.29, 1.82) is 0 Å². The minimum absolute atomic E-state index is 0.154. The number of carbonyl (C=O) groups is 1. The van der Waals surface area contributed by atoms with Gasteiger partial charge in [0.05, 0.1) is 0 Å². The zero-order valence-corrected chi connectivity index (χ0v) is 15.2. The van der Waals surface area contributed by atoms with E-state index < -0.39 is 0 Å². The highest BCUT2D eigenvalue weighted by atomic mass is 35.5. The number of hydrogen-bond donors (Lipinski definition) is 1. The highest BCUT2D eigenvalue weighted by Gasteiger charge is 2.17. The summed E-state index contributed by atoms with van der Waals surface area (Å²) in [4.78, 5) is 39.8. The van der Waals surface area contributed by atoms with Gasteiger partial charge in [-0.25, -0.2) is 9.97 Å². The van der Waals surface area contributed by atoms with E-state index in [-0.39, 0.29) is 18.0 Å². The third kappa shape index (κ3) is 3.75. The molecule has 8 nitrogen and oxygen atoms in total. The van der Waals surface area contributed by atoms with Crippen molar-refractivity contribution in [3.05, 3.63) is 52.2 Å². The van der Waals surface area contributed by atoms with E-state index in [4.69, 9.17) is 11.6 Å². The van der Waals surface area contributed by atoms with Crippen molar-refractivity contribution >= 4 is 40.2 Å². The Hall–Kier alpha value is -3.00. The molecule has 138 valence electrons. The topological polar surface area (TPSA) is 93.0 Å². The Morgan fingerprint density at radius 3 is 2.63 bits per heavy atom. The van der Waals surface area contributed by atoms with Crippen molar-refractivity contribution in [2.75, 3.05) is 23.3 Å². The van der Waals surface area contributed by atoms with Crippen LogP contribution in [0.1, 0.15) is 12.8 Å². The van der Waals surface area contributed by atoms with Crippen molar-refractivity contribution in [2.24, 2.45) is 0 Å². The average molecular weight is 385 g/mol. The largest absolute Gasteiger partial charge is 0.341 e. The quantitative estimate of drug-likeness (QED) is 0.740. The standard InChI is InChI=1S/C18H17ClN6O2/c19-12-3-5-13(6-4-12)22-15(26)10-25-11-21-16-14(17(25)27)9-20-18(23-16)24-7-1-2-8-24/h3-6,9,11H,1-2,7-8,10H2,(H,22,26). The van der Waals surface area contributed by atoms with Gasteiger partial charge in [-0.1, -0.05) is 11.6 Å². The monoisotopic (exact) mass is 384 g/mol. The molecule has 1 aliphatic rings. The molecule has 0 aliphatic carbocycles. The minimum Gasteiger partial charge on any atom is -0.341 e. The number of amides is 1. The van der Waals surface area contributed by atoms with E-state index in [0.717, 1.165) is 25.9 Å². The number of carbonyl (C=O) groups excluding carboxylic acids is 1. The molecule has 1 aliphatic heterocycles. The summed E-state index contributed by atoms with van der Waals surface area (Å²) in [5.74, 6) is 0.250. The van der Waals surface area contributed by atoms with Crippen LogP contribution in [-0.4, -0.2) is 38.5 Å². The molecule has 1 fully saturated rings. The Kier molecular flexibility index (Phi) is 4.72. The number of fused-ring (bicyclic) bond motifs is 1. The maximum absolute atomic E-state index is 12.6. The van der Waals surface area contributed by atoms with Crippen LogP contribution in [0.3, 0.4) is 0 Å². The number of anilines is 2. The number of rotatable bonds is 4. The summed E-state index contributed by atoms with van der Waals surface area (Å²) >= 11 is 5.83. The van der Waals surface area contributed by atoms with Crippen LogP contribution in [0, 0.1) is 0 Å². The van der Waals surface area contributed by atoms with Gasteiger partial charge < -0.3 is 10.2 Å². The van der Waals surface area contributed by atoms with E-state index in [2.05, 4.69) is 25.2 Å². The zero-order valence-electron chi connectivity index (χ0n) is 14.4. The van der Waals surface area contributed by atoms with Crippen molar-refractivity contribution in [1.82, 2.24) is 19.5 Å². The molecule has 9 heteroatoms. The van der Waals surface area contributed by atoms with Crippen LogP contribution in [0.15, 0.2) is 41.6 Å². The van der Waals surface area contributed by atoms with E-state index in [0.29, 0.717) is 27.7 Å². The molecule has 1 amide bonds. The van der Waals surface area contributed by atoms with Crippen LogP contribution in [0.25, 0.3) is 11.0 Å². The van der Waals surface area contributed by atoms with E-state index in [9.17, 15) is 9.59 Å². The fraction of sp³-hybridized carbons (Fsp3) is 0.278. The Morgan fingerprint density at radius 2 is 1.89 bits per heavy atom. The fourth-order valence-electron chi connectivity index (χ4n) is 3.02. The molecule has 0 radical (unpaired) electrons. The third-order valence-electron chi connectivity index (χ3n) is 4.40. The summed E-state index contributed by atoms with van der Waals surface area (Å²) in [6, 6.07) is 6.73. The second-order valence-corrected chi connectivity index (χ2v) is 6.77. The predicted molar refractivity (Wildman–Crippen MR) is 103 cm³/mol. The van der Waals surface area contributed by atoms with Crippen molar-refractivity contribution in [3.63, 3.8) is 0 Å². The molecule has 4 rings (SSSR count). The van der Waals surface area contributed by atoms with Gasteiger partial charge in [0.1, 0.15) is 18.3 Å². The SMILES string of the molecule is O=C(Cn1cnc2nc(N3CCCC3)ncc2c1=O)Nc1ccc(Cl)cc1. The zero-order chi connectivity index (χ0) is 18.8. The number of benzene rings is 1. The summed E-state index contributed by atoms with van der Waals surface area (Å²) in [5.41, 5.74) is 0.593. The molecule has 0 spiro atoms. The van der Waals surface area contributed by atoms with Crippen LogP contribution in [0.4, 0.5) is 11.6 Å². The lowest BCUT2D eigenvalue weighted by molar-refractivity contribution is -0.116. The number of aromatic nitrogens is 4. The maximum atomic E-state index is 12.6. The molecule has 3 aromatic rings. The lowest BCUT2D eigenvalue weighted by Gasteiger charge is -2.14. The molecule has 0 atom stereocenters. The molecule has 27 heavy (non-hydrogen) atoms. The second kappa shape index (κ2) is 7.32. The van der Waals surface area contributed by atoms with E-state index in [1.807, 2.05) is 0 Å². The molecule has 1 saturated heterocycles. The fourth-order valence-corrected chi connectivity index (χ4v) is 3.14. The number of halogens is 1. The molecule has 2 aromatic heterocycles. The van der Waals surface area contributed by atoms with Gasteiger partial charge in [-0.05, 0) is 37.1 Å². The van der Waals surface area contributed by atoms with Crippen molar-refractivity contribution in [3.8, 4) is 0 Å². The first kappa shape index (κ1) is 17.4. The molecule has 3 heterocycles. The smallest absolute Gasteiger partial charge is 0.264 e.